The number of aryl methyl sites for hydroxylation is 1. The van der Waals surface area contributed by atoms with E-state index in [0.717, 1.165) is 12.2 Å². The summed E-state index contributed by atoms with van der Waals surface area (Å²) in [5, 5.41) is 0. The normalized spacial score (nSPS) is 18.9. The Kier molecular flexibility index (Phi) is 4.09. The SMILES string of the molecule is COc1ccccc1CCC1(C)CCCCC1. The third-order valence-electron chi connectivity index (χ3n) is 4.25. The van der Waals surface area contributed by atoms with E-state index in [0.29, 0.717) is 5.41 Å². The Balaban J connectivity index is 1.96. The smallest absolute Gasteiger partial charge is 0.122 e. The van der Waals surface area contributed by atoms with Gasteiger partial charge in [-0.25, -0.2) is 0 Å². The number of hydrogen-bond donors (Lipinski definition) is 0. The van der Waals surface area contributed by atoms with Gasteiger partial charge in [-0.1, -0.05) is 44.4 Å². The van der Waals surface area contributed by atoms with Gasteiger partial charge in [0.2, 0.25) is 0 Å². The second-order valence-corrected chi connectivity index (χ2v) is 5.68. The van der Waals surface area contributed by atoms with E-state index in [1.807, 2.05) is 6.07 Å². The minimum absolute atomic E-state index is 0.569. The van der Waals surface area contributed by atoms with Crippen molar-refractivity contribution in [1.29, 1.82) is 0 Å². The van der Waals surface area contributed by atoms with Crippen molar-refractivity contribution in [2.24, 2.45) is 5.41 Å². The Bertz CT molecular complexity index is 350. The molecule has 1 aromatic carbocycles. The zero-order valence-electron chi connectivity index (χ0n) is 11.2. The molecule has 0 amide bonds. The zero-order chi connectivity index (χ0) is 12.1. The van der Waals surface area contributed by atoms with Gasteiger partial charge in [-0.3, -0.25) is 0 Å². The van der Waals surface area contributed by atoms with Crippen molar-refractivity contribution in [2.45, 2.75) is 51.9 Å². The number of para-hydroxylation sites is 1. The van der Waals surface area contributed by atoms with E-state index in [4.69, 9.17) is 4.74 Å². The first-order valence-corrected chi connectivity index (χ1v) is 6.85. The first-order chi connectivity index (χ1) is 8.23. The van der Waals surface area contributed by atoms with Crippen LogP contribution in [0.1, 0.15) is 51.0 Å². The van der Waals surface area contributed by atoms with E-state index >= 15 is 0 Å². The van der Waals surface area contributed by atoms with Crippen molar-refractivity contribution >= 4 is 0 Å². The average Bonchev–Trinajstić information content (AvgIpc) is 2.38. The lowest BCUT2D eigenvalue weighted by Crippen LogP contribution is -2.20. The third-order valence-corrected chi connectivity index (χ3v) is 4.25. The van der Waals surface area contributed by atoms with Crippen LogP contribution in [-0.4, -0.2) is 7.11 Å². The van der Waals surface area contributed by atoms with Crippen LogP contribution in [0.15, 0.2) is 24.3 Å². The Hall–Kier alpha value is -0.980. The molecule has 0 aromatic heterocycles. The lowest BCUT2D eigenvalue weighted by molar-refractivity contribution is 0.199. The van der Waals surface area contributed by atoms with Crippen LogP contribution in [0.25, 0.3) is 0 Å². The predicted molar refractivity (Wildman–Crippen MR) is 72.5 cm³/mol. The van der Waals surface area contributed by atoms with Crippen LogP contribution in [-0.2, 0) is 6.42 Å². The molecule has 1 nitrogen and oxygen atoms in total. The number of rotatable bonds is 4. The second-order valence-electron chi connectivity index (χ2n) is 5.68. The van der Waals surface area contributed by atoms with Crippen LogP contribution in [0.4, 0.5) is 0 Å². The van der Waals surface area contributed by atoms with Gasteiger partial charge < -0.3 is 4.74 Å². The summed E-state index contributed by atoms with van der Waals surface area (Å²) in [6.07, 6.45) is 9.54. The fourth-order valence-corrected chi connectivity index (χ4v) is 3.00. The molecule has 0 heterocycles. The van der Waals surface area contributed by atoms with Crippen LogP contribution in [0, 0.1) is 5.41 Å². The highest BCUT2D eigenvalue weighted by molar-refractivity contribution is 5.33. The number of ether oxygens (including phenoxy) is 1. The summed E-state index contributed by atoms with van der Waals surface area (Å²) >= 11 is 0. The van der Waals surface area contributed by atoms with Gasteiger partial charge >= 0.3 is 0 Å². The van der Waals surface area contributed by atoms with Crippen LogP contribution in [0.2, 0.25) is 0 Å². The molecule has 1 aliphatic rings. The number of methoxy groups -OCH3 is 1. The van der Waals surface area contributed by atoms with Gasteiger partial charge in [0.1, 0.15) is 5.75 Å². The van der Waals surface area contributed by atoms with Crippen LogP contribution in [0.3, 0.4) is 0 Å². The molecule has 1 aliphatic carbocycles. The quantitative estimate of drug-likeness (QED) is 0.737. The molecule has 0 unspecified atom stereocenters. The lowest BCUT2D eigenvalue weighted by Gasteiger charge is -2.33. The van der Waals surface area contributed by atoms with Crippen LogP contribution >= 0.6 is 0 Å². The first kappa shape index (κ1) is 12.5. The predicted octanol–water partition coefficient (Wildman–Crippen LogP) is 4.60. The summed E-state index contributed by atoms with van der Waals surface area (Å²) in [6, 6.07) is 8.43. The Labute approximate surface area is 105 Å². The van der Waals surface area contributed by atoms with Gasteiger partial charge in [0.25, 0.3) is 0 Å². The highest BCUT2D eigenvalue weighted by Gasteiger charge is 2.26. The molecule has 1 saturated carbocycles. The van der Waals surface area contributed by atoms with E-state index < -0.39 is 0 Å². The Morgan fingerprint density at radius 3 is 2.53 bits per heavy atom. The first-order valence-electron chi connectivity index (χ1n) is 6.85. The topological polar surface area (TPSA) is 9.23 Å². The monoisotopic (exact) mass is 232 g/mol. The maximum Gasteiger partial charge on any atom is 0.122 e. The molecule has 94 valence electrons. The second kappa shape index (κ2) is 5.57. The fraction of sp³-hybridized carbons (Fsp3) is 0.625. The molecule has 2 rings (SSSR count). The van der Waals surface area contributed by atoms with E-state index in [1.54, 1.807) is 7.11 Å². The molecule has 0 radical (unpaired) electrons. The summed E-state index contributed by atoms with van der Waals surface area (Å²) in [5.41, 5.74) is 1.93. The minimum atomic E-state index is 0.569. The van der Waals surface area contributed by atoms with Crippen LogP contribution in [0.5, 0.6) is 5.75 Å². The van der Waals surface area contributed by atoms with Gasteiger partial charge in [0.15, 0.2) is 0 Å². The zero-order valence-corrected chi connectivity index (χ0v) is 11.2. The maximum atomic E-state index is 5.42. The standard InChI is InChI=1S/C16H24O/c1-16(11-6-3-7-12-16)13-10-14-8-4-5-9-15(14)17-2/h4-5,8-9H,3,6-7,10-13H2,1-2H3. The summed E-state index contributed by atoms with van der Waals surface area (Å²) in [7, 11) is 1.77. The van der Waals surface area contributed by atoms with E-state index in [1.165, 1.54) is 44.1 Å². The van der Waals surface area contributed by atoms with Gasteiger partial charge in [-0.05, 0) is 42.7 Å². The van der Waals surface area contributed by atoms with Crippen molar-refractivity contribution in [1.82, 2.24) is 0 Å². The van der Waals surface area contributed by atoms with Gasteiger partial charge in [0.05, 0.1) is 7.11 Å². The summed E-state index contributed by atoms with van der Waals surface area (Å²) in [5.74, 6) is 1.05. The molecule has 1 fully saturated rings. The van der Waals surface area contributed by atoms with Gasteiger partial charge in [-0.2, -0.15) is 0 Å². The fourth-order valence-electron chi connectivity index (χ4n) is 3.00. The van der Waals surface area contributed by atoms with Crippen molar-refractivity contribution in [3.05, 3.63) is 29.8 Å². The highest BCUT2D eigenvalue weighted by atomic mass is 16.5. The largest absolute Gasteiger partial charge is 0.496 e. The Morgan fingerprint density at radius 1 is 1.12 bits per heavy atom. The maximum absolute atomic E-state index is 5.42. The lowest BCUT2D eigenvalue weighted by atomic mass is 9.72. The Morgan fingerprint density at radius 2 is 1.82 bits per heavy atom. The van der Waals surface area contributed by atoms with E-state index in [9.17, 15) is 0 Å². The molecule has 0 spiro atoms. The number of hydrogen-bond acceptors (Lipinski definition) is 1. The molecule has 0 N–H and O–H groups in total. The summed E-state index contributed by atoms with van der Waals surface area (Å²) < 4.78 is 5.42. The molecule has 1 aromatic rings. The van der Waals surface area contributed by atoms with Gasteiger partial charge in [-0.15, -0.1) is 0 Å². The highest BCUT2D eigenvalue weighted by Crippen LogP contribution is 2.40. The third kappa shape index (κ3) is 3.24. The molecule has 0 atom stereocenters. The van der Waals surface area contributed by atoms with Gasteiger partial charge in [0, 0.05) is 0 Å². The molecular formula is C16H24O. The minimum Gasteiger partial charge on any atom is -0.496 e. The molecule has 17 heavy (non-hydrogen) atoms. The molecule has 0 aliphatic heterocycles. The summed E-state index contributed by atoms with van der Waals surface area (Å²) in [6.45, 7) is 2.46. The van der Waals surface area contributed by atoms with E-state index in [2.05, 4.69) is 25.1 Å². The van der Waals surface area contributed by atoms with Crippen molar-refractivity contribution in [2.75, 3.05) is 7.11 Å². The number of benzene rings is 1. The van der Waals surface area contributed by atoms with Crippen molar-refractivity contribution < 1.29 is 4.74 Å². The molecule has 0 bridgehead atoms. The van der Waals surface area contributed by atoms with Crippen molar-refractivity contribution in [3.63, 3.8) is 0 Å². The summed E-state index contributed by atoms with van der Waals surface area (Å²) in [4.78, 5) is 0. The molecule has 0 saturated heterocycles. The molecule has 1 heteroatoms. The molecular weight excluding hydrogens is 208 g/mol. The average molecular weight is 232 g/mol. The van der Waals surface area contributed by atoms with Crippen molar-refractivity contribution in [3.8, 4) is 5.75 Å². The van der Waals surface area contributed by atoms with Crippen LogP contribution < -0.4 is 4.74 Å². The van der Waals surface area contributed by atoms with E-state index in [-0.39, 0.29) is 0 Å².